The van der Waals surface area contributed by atoms with Gasteiger partial charge in [-0.1, -0.05) is 0 Å². The van der Waals surface area contributed by atoms with Crippen LogP contribution in [0.15, 0.2) is 12.4 Å². The lowest BCUT2D eigenvalue weighted by Crippen LogP contribution is -2.57. The van der Waals surface area contributed by atoms with Crippen LogP contribution in [0.4, 0.5) is 0 Å². The van der Waals surface area contributed by atoms with Crippen LogP contribution in [0.3, 0.4) is 0 Å². The Hall–Kier alpha value is -1.89. The Morgan fingerprint density at radius 1 is 1.40 bits per heavy atom. The third kappa shape index (κ3) is 4.21. The molecule has 1 aromatic rings. The summed E-state index contributed by atoms with van der Waals surface area (Å²) in [5, 5.41) is 4.15. The van der Waals surface area contributed by atoms with Crippen molar-refractivity contribution in [1.29, 1.82) is 0 Å². The van der Waals surface area contributed by atoms with E-state index >= 15 is 0 Å². The molecule has 138 valence electrons. The Bertz CT molecular complexity index is 614. The highest BCUT2D eigenvalue weighted by molar-refractivity contribution is 5.78. The van der Waals surface area contributed by atoms with Crippen LogP contribution in [0.5, 0.6) is 0 Å². The minimum Gasteiger partial charge on any atom is -0.342 e. The molecule has 0 aliphatic carbocycles. The highest BCUT2D eigenvalue weighted by Gasteiger charge is 2.39. The van der Waals surface area contributed by atoms with Crippen LogP contribution < -0.4 is 5.73 Å². The SMILES string of the molecule is Cn1cc(CCC(=O)N2CCC3C(CCC(=O)N3CCCN)C2)cn1. The smallest absolute Gasteiger partial charge is 0.222 e. The second-order valence-electron chi connectivity index (χ2n) is 7.25. The summed E-state index contributed by atoms with van der Waals surface area (Å²) >= 11 is 0. The molecule has 2 saturated heterocycles. The maximum Gasteiger partial charge on any atom is 0.222 e. The number of aryl methyl sites for hydroxylation is 2. The molecule has 2 aliphatic rings. The monoisotopic (exact) mass is 347 g/mol. The van der Waals surface area contributed by atoms with Gasteiger partial charge in [0, 0.05) is 51.8 Å². The quantitative estimate of drug-likeness (QED) is 0.814. The van der Waals surface area contributed by atoms with Crippen molar-refractivity contribution >= 4 is 11.8 Å². The van der Waals surface area contributed by atoms with Gasteiger partial charge in [-0.05, 0) is 43.7 Å². The van der Waals surface area contributed by atoms with Gasteiger partial charge in [-0.15, -0.1) is 0 Å². The molecule has 2 fully saturated rings. The molecule has 1 aromatic heterocycles. The number of piperidine rings is 2. The molecule has 2 unspecified atom stereocenters. The highest BCUT2D eigenvalue weighted by atomic mass is 16.2. The van der Waals surface area contributed by atoms with Gasteiger partial charge in [-0.25, -0.2) is 0 Å². The Labute approximate surface area is 149 Å². The molecule has 0 spiro atoms. The normalized spacial score (nSPS) is 23.7. The summed E-state index contributed by atoms with van der Waals surface area (Å²) in [6.45, 7) is 2.90. The largest absolute Gasteiger partial charge is 0.342 e. The van der Waals surface area contributed by atoms with E-state index in [4.69, 9.17) is 5.73 Å². The maximum atomic E-state index is 12.6. The molecule has 7 heteroatoms. The number of aromatic nitrogens is 2. The van der Waals surface area contributed by atoms with Gasteiger partial charge in [0.1, 0.15) is 0 Å². The van der Waals surface area contributed by atoms with Crippen LogP contribution in [0.2, 0.25) is 0 Å². The molecular formula is C18H29N5O2. The summed E-state index contributed by atoms with van der Waals surface area (Å²) in [5.74, 6) is 0.880. The molecule has 25 heavy (non-hydrogen) atoms. The van der Waals surface area contributed by atoms with Crippen molar-refractivity contribution in [2.75, 3.05) is 26.2 Å². The van der Waals surface area contributed by atoms with Crippen LogP contribution >= 0.6 is 0 Å². The molecule has 3 heterocycles. The summed E-state index contributed by atoms with van der Waals surface area (Å²) in [6.07, 6.45) is 8.28. The molecule has 2 aliphatic heterocycles. The van der Waals surface area contributed by atoms with Crippen molar-refractivity contribution in [2.24, 2.45) is 18.7 Å². The first kappa shape index (κ1) is 17.9. The Morgan fingerprint density at radius 2 is 2.24 bits per heavy atom. The van der Waals surface area contributed by atoms with Crippen molar-refractivity contribution in [3.05, 3.63) is 18.0 Å². The minimum atomic E-state index is 0.215. The van der Waals surface area contributed by atoms with Crippen molar-refractivity contribution < 1.29 is 9.59 Å². The molecular weight excluding hydrogens is 318 g/mol. The standard InChI is InChI=1S/C18H29N5O2/c1-21-12-14(11-20-21)3-5-17(24)22-10-7-16-15(13-22)4-6-18(25)23(16)9-2-8-19/h11-12,15-16H,2-10,13,19H2,1H3. The number of hydrogen-bond acceptors (Lipinski definition) is 4. The number of nitrogens with two attached hydrogens (primary N) is 1. The number of hydrogen-bond donors (Lipinski definition) is 1. The van der Waals surface area contributed by atoms with Gasteiger partial charge in [0.25, 0.3) is 0 Å². The van der Waals surface area contributed by atoms with Crippen molar-refractivity contribution in [3.8, 4) is 0 Å². The maximum absolute atomic E-state index is 12.6. The van der Waals surface area contributed by atoms with Crippen molar-refractivity contribution in [2.45, 2.75) is 44.6 Å². The zero-order chi connectivity index (χ0) is 17.8. The van der Waals surface area contributed by atoms with Crippen LogP contribution in [0.25, 0.3) is 0 Å². The molecule has 2 amide bonds. The minimum absolute atomic E-state index is 0.215. The van der Waals surface area contributed by atoms with Crippen LogP contribution in [-0.4, -0.2) is 63.6 Å². The third-order valence-electron chi connectivity index (χ3n) is 5.49. The van der Waals surface area contributed by atoms with Gasteiger partial charge < -0.3 is 15.5 Å². The highest BCUT2D eigenvalue weighted by Crippen LogP contribution is 2.31. The fourth-order valence-electron chi connectivity index (χ4n) is 4.14. The molecule has 2 atom stereocenters. The molecule has 0 bridgehead atoms. The number of carbonyl (C=O) groups is 2. The number of rotatable bonds is 6. The fraction of sp³-hybridized carbons (Fsp3) is 0.722. The first-order valence-electron chi connectivity index (χ1n) is 9.33. The lowest BCUT2D eigenvalue weighted by atomic mass is 9.83. The second kappa shape index (κ2) is 7.99. The van der Waals surface area contributed by atoms with Gasteiger partial charge in [0.2, 0.25) is 11.8 Å². The van der Waals surface area contributed by atoms with E-state index in [2.05, 4.69) is 5.10 Å². The first-order valence-corrected chi connectivity index (χ1v) is 9.33. The molecule has 2 N–H and O–H groups in total. The molecule has 0 saturated carbocycles. The Morgan fingerprint density at radius 3 is 2.96 bits per heavy atom. The average molecular weight is 347 g/mol. The van der Waals surface area contributed by atoms with E-state index in [0.717, 1.165) is 50.9 Å². The summed E-state index contributed by atoms with van der Waals surface area (Å²) in [6, 6.07) is 0.287. The van der Waals surface area contributed by atoms with Gasteiger partial charge in [-0.2, -0.15) is 5.10 Å². The van der Waals surface area contributed by atoms with Crippen LogP contribution in [0.1, 0.15) is 37.7 Å². The number of fused-ring (bicyclic) bond motifs is 1. The fourth-order valence-corrected chi connectivity index (χ4v) is 4.14. The first-order chi connectivity index (χ1) is 12.1. The molecule has 7 nitrogen and oxygen atoms in total. The topological polar surface area (TPSA) is 84.5 Å². The van der Waals surface area contributed by atoms with E-state index in [9.17, 15) is 9.59 Å². The predicted octanol–water partition coefficient (Wildman–Crippen LogP) is 0.541. The van der Waals surface area contributed by atoms with Gasteiger partial charge in [-0.3, -0.25) is 14.3 Å². The zero-order valence-corrected chi connectivity index (χ0v) is 15.1. The van der Waals surface area contributed by atoms with Crippen molar-refractivity contribution in [1.82, 2.24) is 19.6 Å². The van der Waals surface area contributed by atoms with E-state index < -0.39 is 0 Å². The second-order valence-corrected chi connectivity index (χ2v) is 7.25. The van der Waals surface area contributed by atoms with Gasteiger partial charge >= 0.3 is 0 Å². The van der Waals surface area contributed by atoms with Crippen molar-refractivity contribution in [3.63, 3.8) is 0 Å². The summed E-state index contributed by atoms with van der Waals surface area (Å²) in [4.78, 5) is 28.8. The Kier molecular flexibility index (Phi) is 5.73. The lowest BCUT2D eigenvalue weighted by molar-refractivity contribution is -0.144. The van der Waals surface area contributed by atoms with Crippen LogP contribution in [0, 0.1) is 5.92 Å². The number of carbonyl (C=O) groups excluding carboxylic acids is 2. The predicted molar refractivity (Wildman–Crippen MR) is 94.6 cm³/mol. The van der Waals surface area contributed by atoms with E-state index in [0.29, 0.717) is 25.3 Å². The average Bonchev–Trinajstić information content (AvgIpc) is 3.04. The molecule has 3 rings (SSSR count). The summed E-state index contributed by atoms with van der Waals surface area (Å²) < 4.78 is 1.76. The lowest BCUT2D eigenvalue weighted by Gasteiger charge is -2.47. The summed E-state index contributed by atoms with van der Waals surface area (Å²) in [7, 11) is 1.89. The van der Waals surface area contributed by atoms with E-state index in [1.807, 2.05) is 29.2 Å². The third-order valence-corrected chi connectivity index (χ3v) is 5.49. The van der Waals surface area contributed by atoms with Gasteiger partial charge in [0.05, 0.1) is 6.20 Å². The zero-order valence-electron chi connectivity index (χ0n) is 15.1. The Balaban J connectivity index is 1.53. The van der Waals surface area contributed by atoms with Crippen LogP contribution in [-0.2, 0) is 23.1 Å². The van der Waals surface area contributed by atoms with E-state index in [1.54, 1.807) is 4.68 Å². The number of nitrogens with zero attached hydrogens (tertiary/aromatic N) is 4. The molecule has 0 radical (unpaired) electrons. The summed E-state index contributed by atoms with van der Waals surface area (Å²) in [5.41, 5.74) is 6.71. The number of likely N-dealkylation sites (tertiary alicyclic amines) is 2. The number of amides is 2. The van der Waals surface area contributed by atoms with Gasteiger partial charge in [0.15, 0.2) is 0 Å². The van der Waals surface area contributed by atoms with E-state index in [-0.39, 0.29) is 17.9 Å². The van der Waals surface area contributed by atoms with E-state index in [1.165, 1.54) is 0 Å². The molecule has 0 aromatic carbocycles.